The summed E-state index contributed by atoms with van der Waals surface area (Å²) in [5.74, 6) is 1.77. The van der Waals surface area contributed by atoms with Crippen molar-refractivity contribution in [1.82, 2.24) is 0 Å². The van der Waals surface area contributed by atoms with Crippen LogP contribution in [0.15, 0.2) is 0 Å². The Balaban J connectivity index is 0.000000192. The molecular formula is C17H34O2. The summed E-state index contributed by atoms with van der Waals surface area (Å²) < 4.78 is 10.3. The molecule has 0 amide bonds. The second kappa shape index (κ2) is 7.08. The first-order valence-corrected chi connectivity index (χ1v) is 8.07. The first-order valence-electron chi connectivity index (χ1n) is 8.07. The molecule has 0 bridgehead atoms. The minimum atomic E-state index is 0.529. The van der Waals surface area contributed by atoms with Crippen molar-refractivity contribution in [3.05, 3.63) is 0 Å². The molecule has 3 fully saturated rings. The highest BCUT2D eigenvalue weighted by molar-refractivity contribution is 5.01. The van der Waals surface area contributed by atoms with E-state index in [1.54, 1.807) is 0 Å². The second-order valence-electron chi connectivity index (χ2n) is 7.43. The molecular weight excluding hydrogens is 236 g/mol. The van der Waals surface area contributed by atoms with Crippen molar-refractivity contribution in [2.75, 3.05) is 26.4 Å². The van der Waals surface area contributed by atoms with Crippen molar-refractivity contribution in [2.24, 2.45) is 22.7 Å². The zero-order valence-electron chi connectivity index (χ0n) is 13.9. The van der Waals surface area contributed by atoms with Gasteiger partial charge in [-0.1, -0.05) is 41.5 Å². The average Bonchev–Trinajstić information content (AvgIpc) is 2.67. The first kappa shape index (κ1) is 17.0. The normalized spacial score (nSPS) is 28.4. The largest absolute Gasteiger partial charge is 0.381 e. The SMILES string of the molecule is CC.CC(C)(C)C1CC2(COC2)C1.C[C@@H]1CCOC1. The molecule has 0 aromatic heterocycles. The van der Waals surface area contributed by atoms with Gasteiger partial charge in [0.2, 0.25) is 0 Å². The van der Waals surface area contributed by atoms with E-state index in [1.807, 2.05) is 13.8 Å². The van der Waals surface area contributed by atoms with Crippen LogP contribution in [0.1, 0.15) is 60.8 Å². The van der Waals surface area contributed by atoms with Crippen LogP contribution in [0, 0.1) is 22.7 Å². The molecule has 2 nitrogen and oxygen atoms in total. The maximum atomic E-state index is 5.24. The van der Waals surface area contributed by atoms with Crippen molar-refractivity contribution >= 4 is 0 Å². The molecule has 114 valence electrons. The molecule has 1 spiro atoms. The van der Waals surface area contributed by atoms with E-state index >= 15 is 0 Å². The van der Waals surface area contributed by atoms with Gasteiger partial charge in [0.05, 0.1) is 13.2 Å². The topological polar surface area (TPSA) is 18.5 Å². The summed E-state index contributed by atoms with van der Waals surface area (Å²) in [5, 5.41) is 0. The highest BCUT2D eigenvalue weighted by Gasteiger charge is 2.52. The summed E-state index contributed by atoms with van der Waals surface area (Å²) in [7, 11) is 0. The van der Waals surface area contributed by atoms with E-state index < -0.39 is 0 Å². The fourth-order valence-electron chi connectivity index (χ4n) is 2.88. The van der Waals surface area contributed by atoms with Crippen LogP contribution < -0.4 is 0 Å². The van der Waals surface area contributed by atoms with E-state index in [-0.39, 0.29) is 0 Å². The molecule has 3 aliphatic rings. The Morgan fingerprint density at radius 3 is 1.79 bits per heavy atom. The molecule has 1 saturated carbocycles. The van der Waals surface area contributed by atoms with Gasteiger partial charge in [-0.3, -0.25) is 0 Å². The van der Waals surface area contributed by atoms with Gasteiger partial charge in [-0.05, 0) is 36.5 Å². The monoisotopic (exact) mass is 270 g/mol. The predicted molar refractivity (Wildman–Crippen MR) is 81.4 cm³/mol. The van der Waals surface area contributed by atoms with Crippen LogP contribution in [0.2, 0.25) is 0 Å². The minimum absolute atomic E-state index is 0.529. The van der Waals surface area contributed by atoms with Crippen LogP contribution in [-0.4, -0.2) is 26.4 Å². The molecule has 1 aliphatic carbocycles. The van der Waals surface area contributed by atoms with Crippen molar-refractivity contribution in [1.29, 1.82) is 0 Å². The van der Waals surface area contributed by atoms with Crippen LogP contribution in [-0.2, 0) is 9.47 Å². The molecule has 2 heteroatoms. The lowest BCUT2D eigenvalue weighted by Gasteiger charge is -2.57. The molecule has 1 atom stereocenters. The van der Waals surface area contributed by atoms with Gasteiger partial charge in [-0.2, -0.15) is 0 Å². The minimum Gasteiger partial charge on any atom is -0.381 e. The Bertz CT molecular complexity index is 236. The van der Waals surface area contributed by atoms with E-state index in [2.05, 4.69) is 27.7 Å². The summed E-state index contributed by atoms with van der Waals surface area (Å²) in [5.41, 5.74) is 1.18. The molecule has 3 rings (SSSR count). The number of rotatable bonds is 0. The standard InChI is InChI=1S/C10H18O.C5H10O.C2H6/c1-9(2,3)8-4-10(5-8)6-11-7-10;1-5-2-3-6-4-5;1-2/h8H,4-7H2,1-3H3;5H,2-4H2,1H3;1-2H3/t;5-;/m.1./s1. The summed E-state index contributed by atoms with van der Waals surface area (Å²) in [4.78, 5) is 0. The molecule has 0 aromatic rings. The van der Waals surface area contributed by atoms with E-state index in [9.17, 15) is 0 Å². The fraction of sp³-hybridized carbons (Fsp3) is 1.00. The van der Waals surface area contributed by atoms with Crippen LogP contribution >= 0.6 is 0 Å². The van der Waals surface area contributed by atoms with Gasteiger partial charge in [0.1, 0.15) is 0 Å². The Labute approximate surface area is 120 Å². The Hall–Kier alpha value is -0.0800. The maximum Gasteiger partial charge on any atom is 0.0545 e. The zero-order valence-corrected chi connectivity index (χ0v) is 13.9. The first-order chi connectivity index (χ1) is 8.91. The van der Waals surface area contributed by atoms with Gasteiger partial charge < -0.3 is 9.47 Å². The maximum absolute atomic E-state index is 5.24. The molecule has 0 radical (unpaired) electrons. The summed E-state index contributed by atoms with van der Waals surface area (Å²) in [6, 6.07) is 0. The highest BCUT2D eigenvalue weighted by atomic mass is 16.5. The van der Waals surface area contributed by atoms with Gasteiger partial charge >= 0.3 is 0 Å². The lowest BCUT2D eigenvalue weighted by molar-refractivity contribution is -0.195. The third-order valence-electron chi connectivity index (χ3n) is 4.56. The smallest absolute Gasteiger partial charge is 0.0545 e. The Kier molecular flexibility index (Phi) is 6.32. The molecule has 0 unspecified atom stereocenters. The molecule has 2 saturated heterocycles. The zero-order chi connectivity index (χ0) is 14.5. The van der Waals surface area contributed by atoms with Crippen molar-refractivity contribution < 1.29 is 9.47 Å². The van der Waals surface area contributed by atoms with E-state index in [0.29, 0.717) is 10.8 Å². The molecule has 2 heterocycles. The molecule has 19 heavy (non-hydrogen) atoms. The Morgan fingerprint density at radius 1 is 1.00 bits per heavy atom. The van der Waals surface area contributed by atoms with Gasteiger partial charge in [0, 0.05) is 18.6 Å². The van der Waals surface area contributed by atoms with Crippen LogP contribution in [0.25, 0.3) is 0 Å². The number of ether oxygens (including phenoxy) is 2. The second-order valence-corrected chi connectivity index (χ2v) is 7.43. The van der Waals surface area contributed by atoms with Crippen LogP contribution in [0.4, 0.5) is 0 Å². The van der Waals surface area contributed by atoms with E-state index in [4.69, 9.17) is 9.47 Å². The average molecular weight is 270 g/mol. The quantitative estimate of drug-likeness (QED) is 0.644. The number of hydrogen-bond donors (Lipinski definition) is 0. The predicted octanol–water partition coefficient (Wildman–Crippen LogP) is 4.53. The molecule has 0 N–H and O–H groups in total. The third kappa shape index (κ3) is 4.75. The van der Waals surface area contributed by atoms with Gasteiger partial charge in [-0.25, -0.2) is 0 Å². The van der Waals surface area contributed by atoms with E-state index in [0.717, 1.165) is 38.3 Å². The van der Waals surface area contributed by atoms with Crippen molar-refractivity contribution in [3.8, 4) is 0 Å². The van der Waals surface area contributed by atoms with Gasteiger partial charge in [0.25, 0.3) is 0 Å². The number of hydrogen-bond acceptors (Lipinski definition) is 2. The lowest BCUT2D eigenvalue weighted by Crippen LogP contribution is -2.54. The summed E-state index contributed by atoms with van der Waals surface area (Å²) >= 11 is 0. The van der Waals surface area contributed by atoms with Crippen LogP contribution in [0.5, 0.6) is 0 Å². The fourth-order valence-corrected chi connectivity index (χ4v) is 2.88. The Morgan fingerprint density at radius 2 is 1.58 bits per heavy atom. The molecule has 0 aromatic carbocycles. The summed E-state index contributed by atoms with van der Waals surface area (Å²) in [6.45, 7) is 17.3. The highest BCUT2D eigenvalue weighted by Crippen LogP contribution is 2.56. The van der Waals surface area contributed by atoms with Gasteiger partial charge in [0.15, 0.2) is 0 Å². The molecule has 2 aliphatic heterocycles. The van der Waals surface area contributed by atoms with Crippen molar-refractivity contribution in [3.63, 3.8) is 0 Å². The third-order valence-corrected chi connectivity index (χ3v) is 4.56. The van der Waals surface area contributed by atoms with Gasteiger partial charge in [-0.15, -0.1) is 0 Å². The lowest BCUT2D eigenvalue weighted by atomic mass is 9.54. The van der Waals surface area contributed by atoms with E-state index in [1.165, 1.54) is 19.3 Å². The summed E-state index contributed by atoms with van der Waals surface area (Å²) in [6.07, 6.45) is 4.09. The van der Waals surface area contributed by atoms with Crippen molar-refractivity contribution in [2.45, 2.75) is 60.8 Å². The van der Waals surface area contributed by atoms with Crippen LogP contribution in [0.3, 0.4) is 0 Å².